The summed E-state index contributed by atoms with van der Waals surface area (Å²) in [7, 11) is 0. The summed E-state index contributed by atoms with van der Waals surface area (Å²) in [6.07, 6.45) is 7.90. The van der Waals surface area contributed by atoms with Crippen LogP contribution in [0.1, 0.15) is 25.1 Å². The molecule has 0 bridgehead atoms. The zero-order valence-corrected chi connectivity index (χ0v) is 21.3. The number of carbonyl (C=O) groups is 1. The molecule has 1 unspecified atom stereocenters. The van der Waals surface area contributed by atoms with Gasteiger partial charge in [-0.1, -0.05) is 35.9 Å². The summed E-state index contributed by atoms with van der Waals surface area (Å²) in [5.74, 6) is 1.95. The third-order valence-electron chi connectivity index (χ3n) is 6.69. The van der Waals surface area contributed by atoms with E-state index in [4.69, 9.17) is 16.3 Å². The molecule has 2 aromatic heterocycles. The molecule has 6 rings (SSSR count). The molecule has 1 fully saturated rings. The molecule has 0 spiro atoms. The summed E-state index contributed by atoms with van der Waals surface area (Å²) >= 11 is 6.66. The molecule has 1 amide bonds. The van der Waals surface area contributed by atoms with Gasteiger partial charge in [0.1, 0.15) is 0 Å². The van der Waals surface area contributed by atoms with Gasteiger partial charge in [0.25, 0.3) is 5.91 Å². The summed E-state index contributed by atoms with van der Waals surface area (Å²) in [6.45, 7) is 1.76. The van der Waals surface area contributed by atoms with E-state index in [2.05, 4.69) is 36.3 Å². The average Bonchev–Trinajstić information content (AvgIpc) is 3.72. The van der Waals surface area contributed by atoms with E-state index in [1.54, 1.807) is 6.20 Å². The quantitative estimate of drug-likeness (QED) is 0.270. The van der Waals surface area contributed by atoms with Gasteiger partial charge in [-0.3, -0.25) is 14.5 Å². The molecule has 4 N–H and O–H groups in total. The van der Waals surface area contributed by atoms with E-state index in [0.717, 1.165) is 53.3 Å². The number of halogens is 1. The number of H-pyrrole nitrogens is 1. The number of fused-ring (bicyclic) bond motifs is 1. The van der Waals surface area contributed by atoms with E-state index >= 15 is 0 Å². The molecule has 2 aliphatic rings. The molecule has 11 heteroatoms. The predicted molar refractivity (Wildman–Crippen MR) is 146 cm³/mol. The zero-order valence-electron chi connectivity index (χ0n) is 20.6. The van der Waals surface area contributed by atoms with E-state index in [9.17, 15) is 4.79 Å². The highest BCUT2D eigenvalue weighted by Crippen LogP contribution is 2.34. The van der Waals surface area contributed by atoms with Gasteiger partial charge in [-0.05, 0) is 55.3 Å². The summed E-state index contributed by atoms with van der Waals surface area (Å²) < 4.78 is 7.76. The molecule has 4 aromatic rings. The molecular formula is C27H27ClN8O2. The summed E-state index contributed by atoms with van der Waals surface area (Å²) in [6, 6.07) is 13.9. The van der Waals surface area contributed by atoms with Crippen LogP contribution in [0.3, 0.4) is 0 Å². The zero-order chi connectivity index (χ0) is 25.9. The van der Waals surface area contributed by atoms with Crippen LogP contribution in [0.2, 0.25) is 5.02 Å². The maximum absolute atomic E-state index is 12.2. The molecule has 1 aliphatic heterocycles. The fourth-order valence-corrected chi connectivity index (χ4v) is 4.99. The van der Waals surface area contributed by atoms with Crippen LogP contribution in [0.25, 0.3) is 22.2 Å². The van der Waals surface area contributed by atoms with E-state index in [-0.39, 0.29) is 18.6 Å². The highest BCUT2D eigenvalue weighted by molar-refractivity contribution is 6.38. The minimum Gasteiger partial charge on any atom is -0.488 e. The van der Waals surface area contributed by atoms with Crippen molar-refractivity contribution in [2.75, 3.05) is 25.0 Å². The molecule has 0 saturated carbocycles. The van der Waals surface area contributed by atoms with Gasteiger partial charge in [-0.25, -0.2) is 0 Å². The van der Waals surface area contributed by atoms with Crippen LogP contribution in [-0.4, -0.2) is 56.6 Å². The Labute approximate surface area is 224 Å². The third-order valence-corrected chi connectivity index (χ3v) is 7.10. The number of para-hydroxylation sites is 1. The second-order valence-electron chi connectivity index (χ2n) is 9.27. The minimum atomic E-state index is -0.0961. The number of aromatic nitrogens is 5. The summed E-state index contributed by atoms with van der Waals surface area (Å²) in [4.78, 5) is 12.2. The van der Waals surface area contributed by atoms with E-state index in [0.29, 0.717) is 29.5 Å². The van der Waals surface area contributed by atoms with Crippen LogP contribution >= 0.6 is 11.6 Å². The van der Waals surface area contributed by atoms with Gasteiger partial charge >= 0.3 is 0 Å². The van der Waals surface area contributed by atoms with Crippen LogP contribution in [0.5, 0.6) is 0 Å². The first kappa shape index (κ1) is 24.2. The molecule has 3 heterocycles. The number of amides is 1. The van der Waals surface area contributed by atoms with Crippen molar-refractivity contribution in [1.82, 2.24) is 35.6 Å². The largest absolute Gasteiger partial charge is 0.488 e. The van der Waals surface area contributed by atoms with Crippen molar-refractivity contribution in [3.8, 4) is 5.69 Å². The van der Waals surface area contributed by atoms with Gasteiger partial charge in [0.15, 0.2) is 12.4 Å². The molecule has 2 aromatic carbocycles. The maximum atomic E-state index is 12.2. The number of carbonyl (C=O) groups excluding carboxylic acids is 1. The second-order valence-corrected chi connectivity index (χ2v) is 9.65. The second kappa shape index (κ2) is 10.7. The lowest BCUT2D eigenvalue weighted by Gasteiger charge is -2.18. The number of anilines is 2. The SMILES string of the molecule is O=C(COC1=CC=C(c2nnc(Nc3ccc4[nH]ncc4c3Cl)n2-c2ccccc2)CC1)NC1CCNC1. The number of hydrogen-bond acceptors (Lipinski definition) is 7. The number of rotatable bonds is 8. The number of ether oxygens (including phenoxy) is 1. The molecule has 0 radical (unpaired) electrons. The number of nitrogens with zero attached hydrogens (tertiary/aromatic N) is 4. The Balaban J connectivity index is 1.23. The number of allylic oxidation sites excluding steroid dienone is 4. The Kier molecular flexibility index (Phi) is 6.80. The first-order valence-electron chi connectivity index (χ1n) is 12.6. The van der Waals surface area contributed by atoms with Crippen LogP contribution in [0, 0.1) is 0 Å². The van der Waals surface area contributed by atoms with Crippen LogP contribution in [0.15, 0.2) is 66.6 Å². The molecule has 1 aliphatic carbocycles. The predicted octanol–water partition coefficient (Wildman–Crippen LogP) is 4.10. The first-order valence-corrected chi connectivity index (χ1v) is 13.0. The number of hydrogen-bond donors (Lipinski definition) is 4. The molecule has 10 nitrogen and oxygen atoms in total. The molecular weight excluding hydrogens is 504 g/mol. The average molecular weight is 531 g/mol. The van der Waals surface area contributed by atoms with Crippen molar-refractivity contribution >= 4 is 45.6 Å². The van der Waals surface area contributed by atoms with Gasteiger partial charge in [0.2, 0.25) is 5.95 Å². The van der Waals surface area contributed by atoms with E-state index in [1.165, 1.54) is 0 Å². The van der Waals surface area contributed by atoms with E-state index in [1.807, 2.05) is 59.2 Å². The van der Waals surface area contributed by atoms with Gasteiger partial charge < -0.3 is 20.7 Å². The van der Waals surface area contributed by atoms with Gasteiger partial charge in [-0.15, -0.1) is 10.2 Å². The first-order chi connectivity index (χ1) is 18.7. The van der Waals surface area contributed by atoms with Crippen molar-refractivity contribution in [3.05, 3.63) is 77.4 Å². The normalized spacial score (nSPS) is 17.2. The topological polar surface area (TPSA) is 122 Å². The van der Waals surface area contributed by atoms with Gasteiger partial charge in [0.05, 0.1) is 33.9 Å². The lowest BCUT2D eigenvalue weighted by molar-refractivity contribution is -0.125. The summed E-state index contributed by atoms with van der Waals surface area (Å²) in [5, 5.41) is 27.0. The third kappa shape index (κ3) is 5.00. The van der Waals surface area contributed by atoms with Crippen molar-refractivity contribution in [3.63, 3.8) is 0 Å². The van der Waals surface area contributed by atoms with Crippen LogP contribution in [0.4, 0.5) is 11.6 Å². The smallest absolute Gasteiger partial charge is 0.258 e. The molecule has 38 heavy (non-hydrogen) atoms. The molecule has 1 atom stereocenters. The fraction of sp³-hybridized carbons (Fsp3) is 0.259. The van der Waals surface area contributed by atoms with Gasteiger partial charge in [-0.2, -0.15) is 5.10 Å². The van der Waals surface area contributed by atoms with Crippen molar-refractivity contribution in [2.24, 2.45) is 0 Å². The molecule has 1 saturated heterocycles. The number of nitrogens with one attached hydrogen (secondary N) is 4. The Morgan fingerprint density at radius 2 is 2.03 bits per heavy atom. The standard InChI is InChI=1S/C27H27ClN8O2/c28-25-21-15-30-33-22(21)10-11-23(25)32-27-35-34-26(36(27)19-4-2-1-3-5-19)17-6-8-20(9-7-17)38-16-24(37)31-18-12-13-29-14-18/h1-6,8,10-11,15,18,29H,7,9,12-14,16H2,(H,30,33)(H,31,37)(H,32,35). The lowest BCUT2D eigenvalue weighted by atomic mass is 10.0. The lowest BCUT2D eigenvalue weighted by Crippen LogP contribution is -2.38. The fourth-order valence-electron chi connectivity index (χ4n) is 4.72. The van der Waals surface area contributed by atoms with Crippen molar-refractivity contribution in [1.29, 1.82) is 0 Å². The number of aromatic amines is 1. The van der Waals surface area contributed by atoms with Crippen LogP contribution < -0.4 is 16.0 Å². The monoisotopic (exact) mass is 530 g/mol. The Bertz CT molecular complexity index is 1520. The Hall–Kier alpha value is -4.15. The van der Waals surface area contributed by atoms with Crippen molar-refractivity contribution in [2.45, 2.75) is 25.3 Å². The Morgan fingerprint density at radius 1 is 1.13 bits per heavy atom. The van der Waals surface area contributed by atoms with Crippen LogP contribution in [-0.2, 0) is 9.53 Å². The highest BCUT2D eigenvalue weighted by Gasteiger charge is 2.22. The van der Waals surface area contributed by atoms with E-state index < -0.39 is 0 Å². The maximum Gasteiger partial charge on any atom is 0.258 e. The van der Waals surface area contributed by atoms with Gasteiger partial charge in [0, 0.05) is 24.4 Å². The highest BCUT2D eigenvalue weighted by atomic mass is 35.5. The number of benzene rings is 2. The molecule has 194 valence electrons. The van der Waals surface area contributed by atoms with Crippen molar-refractivity contribution < 1.29 is 9.53 Å². The minimum absolute atomic E-state index is 0.0154. The Morgan fingerprint density at radius 3 is 2.82 bits per heavy atom. The summed E-state index contributed by atoms with van der Waals surface area (Å²) in [5.41, 5.74) is 3.49.